The number of nitrogens with one attached hydrogen (secondary N) is 1. The van der Waals surface area contributed by atoms with E-state index in [1.54, 1.807) is 6.92 Å². The summed E-state index contributed by atoms with van der Waals surface area (Å²) in [4.78, 5) is 11.3. The molecule has 0 fully saturated rings. The van der Waals surface area contributed by atoms with Crippen LogP contribution in [0.1, 0.15) is 6.92 Å². The average molecular weight is 257 g/mol. The van der Waals surface area contributed by atoms with Crippen molar-refractivity contribution in [3.05, 3.63) is 0 Å². The average Bonchev–Trinajstić information content (AvgIpc) is 2.27. The number of carbonyl (C=O) groups excluding carboxylic acids is 1. The molecule has 0 aromatic heterocycles. The molecule has 2 atom stereocenters. The normalized spacial score (nSPS) is 14.3. The Bertz CT molecular complexity index is 207. The lowest BCUT2D eigenvalue weighted by atomic mass is 10.3. The second-order valence-corrected chi connectivity index (χ2v) is 3.24. The van der Waals surface area contributed by atoms with Gasteiger partial charge in [0.1, 0.15) is 12.3 Å². The van der Waals surface area contributed by atoms with Crippen LogP contribution < -0.4 is 5.43 Å². The zero-order valence-corrected chi connectivity index (χ0v) is 9.72. The van der Waals surface area contributed by atoms with E-state index in [9.17, 15) is 9.90 Å². The van der Waals surface area contributed by atoms with Crippen LogP contribution in [0.4, 0.5) is 4.79 Å². The number of hydrogen-bond acceptors (Lipinski definition) is 6. The summed E-state index contributed by atoms with van der Waals surface area (Å²) in [7, 11) is 0. The van der Waals surface area contributed by atoms with E-state index in [4.69, 9.17) is 21.8 Å². The molecule has 0 rings (SSSR count). The Morgan fingerprint density at radius 2 is 2.19 bits per heavy atom. The molecular weight excluding hydrogens is 240 g/mol. The summed E-state index contributed by atoms with van der Waals surface area (Å²) in [5.41, 5.74) is 2.27. The van der Waals surface area contributed by atoms with Crippen LogP contribution in [-0.4, -0.2) is 64.4 Å². The third-order valence-corrected chi connectivity index (χ3v) is 1.80. The molecule has 0 aliphatic heterocycles. The number of aliphatic hydroxyl groups is 3. The van der Waals surface area contributed by atoms with E-state index in [0.29, 0.717) is 0 Å². The monoisotopic (exact) mass is 256 g/mol. The molecule has 8 heteroatoms. The number of aliphatic hydroxyl groups excluding tert-OH is 3. The lowest BCUT2D eigenvalue weighted by Crippen LogP contribution is -2.54. The minimum absolute atomic E-state index is 0.0929. The Morgan fingerprint density at radius 3 is 2.62 bits per heavy atom. The van der Waals surface area contributed by atoms with Crippen LogP contribution in [0.25, 0.3) is 0 Å². The van der Waals surface area contributed by atoms with Gasteiger partial charge in [-0.05, 0) is 6.92 Å². The number of ether oxygens (including phenoxy) is 1. The molecule has 4 N–H and O–H groups in total. The zero-order valence-electron chi connectivity index (χ0n) is 8.97. The van der Waals surface area contributed by atoms with E-state index in [2.05, 4.69) is 10.2 Å². The number of amides is 1. The fourth-order valence-electron chi connectivity index (χ4n) is 0.840. The first kappa shape index (κ1) is 15.4. The van der Waals surface area contributed by atoms with Crippen molar-refractivity contribution in [3.8, 4) is 0 Å². The van der Waals surface area contributed by atoms with Gasteiger partial charge in [-0.2, -0.15) is 5.43 Å². The predicted molar refractivity (Wildman–Crippen MR) is 56.7 cm³/mol. The fourth-order valence-corrected chi connectivity index (χ4v) is 1.01. The van der Waals surface area contributed by atoms with Crippen molar-refractivity contribution in [2.45, 2.75) is 19.3 Å². The Balaban J connectivity index is 4.26. The molecule has 0 saturated heterocycles. The largest absolute Gasteiger partial charge is 0.449 e. The molecule has 16 heavy (non-hydrogen) atoms. The van der Waals surface area contributed by atoms with Crippen molar-refractivity contribution in [1.29, 1.82) is 0 Å². The second kappa shape index (κ2) is 8.54. The Kier molecular flexibility index (Phi) is 8.22. The van der Waals surface area contributed by atoms with E-state index in [0.717, 1.165) is 5.01 Å². The molecule has 0 saturated carbocycles. The summed E-state index contributed by atoms with van der Waals surface area (Å²) in [6.45, 7) is 1.27. The van der Waals surface area contributed by atoms with Crippen LogP contribution in [-0.2, 0) is 4.74 Å². The van der Waals surface area contributed by atoms with E-state index in [1.807, 2.05) is 0 Å². The third kappa shape index (κ3) is 5.47. The highest BCUT2D eigenvalue weighted by atomic mass is 35.5. The van der Waals surface area contributed by atoms with E-state index < -0.39 is 25.0 Å². The summed E-state index contributed by atoms with van der Waals surface area (Å²) >= 11 is 5.45. The number of halogens is 1. The van der Waals surface area contributed by atoms with Crippen LogP contribution in [0.5, 0.6) is 0 Å². The highest BCUT2D eigenvalue weighted by Crippen LogP contribution is 1.96. The number of nitrogens with zero attached hydrogens (tertiary/aromatic N) is 1. The number of hydrogen-bond donors (Lipinski definition) is 4. The number of rotatable bonds is 7. The molecule has 0 aromatic rings. The van der Waals surface area contributed by atoms with Gasteiger partial charge in [0.15, 0.2) is 0 Å². The summed E-state index contributed by atoms with van der Waals surface area (Å²) < 4.78 is 4.68. The molecule has 0 aliphatic rings. The van der Waals surface area contributed by atoms with Gasteiger partial charge in [-0.25, -0.2) is 9.80 Å². The van der Waals surface area contributed by atoms with Crippen molar-refractivity contribution in [2.24, 2.45) is 0 Å². The second-order valence-electron chi connectivity index (χ2n) is 2.86. The van der Waals surface area contributed by atoms with Gasteiger partial charge in [-0.1, -0.05) is 0 Å². The van der Waals surface area contributed by atoms with Crippen molar-refractivity contribution in [3.63, 3.8) is 0 Å². The first-order chi connectivity index (χ1) is 7.56. The maximum Gasteiger partial charge on any atom is 0.424 e. The molecule has 96 valence electrons. The van der Waals surface area contributed by atoms with Crippen molar-refractivity contribution >= 4 is 17.7 Å². The number of alkyl halides is 1. The molecule has 7 nitrogen and oxygen atoms in total. The summed E-state index contributed by atoms with van der Waals surface area (Å²) in [5.74, 6) is 0.133. The number of carbonyl (C=O) groups is 1. The van der Waals surface area contributed by atoms with Crippen molar-refractivity contribution in [1.82, 2.24) is 10.4 Å². The van der Waals surface area contributed by atoms with Gasteiger partial charge in [0.05, 0.1) is 19.8 Å². The van der Waals surface area contributed by atoms with Crippen LogP contribution in [0, 0.1) is 0 Å². The SMILES string of the molecule is CCOC(=O)N(CCCl)NC(O)C(O)CO. The van der Waals surface area contributed by atoms with Gasteiger partial charge in [0, 0.05) is 5.88 Å². The van der Waals surface area contributed by atoms with Crippen LogP contribution in [0.2, 0.25) is 0 Å². The first-order valence-corrected chi connectivity index (χ1v) is 5.33. The van der Waals surface area contributed by atoms with Crippen molar-refractivity contribution < 1.29 is 24.9 Å². The number of hydrazine groups is 1. The van der Waals surface area contributed by atoms with Gasteiger partial charge < -0.3 is 20.1 Å². The highest BCUT2D eigenvalue weighted by Gasteiger charge is 2.21. The zero-order chi connectivity index (χ0) is 12.6. The van der Waals surface area contributed by atoms with Gasteiger partial charge >= 0.3 is 6.09 Å². The molecule has 0 heterocycles. The third-order valence-electron chi connectivity index (χ3n) is 1.64. The smallest absolute Gasteiger partial charge is 0.424 e. The Labute approximate surface area is 98.5 Å². The lowest BCUT2D eigenvalue weighted by Gasteiger charge is -2.26. The van der Waals surface area contributed by atoms with E-state index in [1.165, 1.54) is 0 Å². The summed E-state index contributed by atoms with van der Waals surface area (Å²) in [6, 6.07) is 0. The van der Waals surface area contributed by atoms with E-state index in [-0.39, 0.29) is 19.0 Å². The molecule has 0 bridgehead atoms. The van der Waals surface area contributed by atoms with Crippen LogP contribution in [0.15, 0.2) is 0 Å². The molecule has 0 spiro atoms. The van der Waals surface area contributed by atoms with Gasteiger partial charge in [-0.15, -0.1) is 11.6 Å². The minimum atomic E-state index is -1.47. The molecule has 1 amide bonds. The Morgan fingerprint density at radius 1 is 1.56 bits per heavy atom. The molecule has 2 unspecified atom stereocenters. The maximum absolute atomic E-state index is 11.3. The maximum atomic E-state index is 11.3. The minimum Gasteiger partial charge on any atom is -0.449 e. The fraction of sp³-hybridized carbons (Fsp3) is 0.875. The van der Waals surface area contributed by atoms with E-state index >= 15 is 0 Å². The summed E-state index contributed by atoms with van der Waals surface area (Å²) in [6.07, 6.45) is -3.59. The van der Waals surface area contributed by atoms with Gasteiger partial charge in [-0.3, -0.25) is 0 Å². The predicted octanol–water partition coefficient (Wildman–Crippen LogP) is -1.14. The molecular formula is C8H17ClN2O5. The lowest BCUT2D eigenvalue weighted by molar-refractivity contribution is -0.0645. The van der Waals surface area contributed by atoms with Gasteiger partial charge in [0.25, 0.3) is 0 Å². The standard InChI is InChI=1S/C8H17ClN2O5/c1-2-16-8(15)11(4-3-9)10-7(14)6(13)5-12/h6-7,10,12-14H,2-5H2,1H3. The van der Waals surface area contributed by atoms with Crippen LogP contribution in [0.3, 0.4) is 0 Å². The Hall–Kier alpha value is -0.600. The topological polar surface area (TPSA) is 102 Å². The summed E-state index contributed by atoms with van der Waals surface area (Å²) in [5, 5.41) is 27.9. The highest BCUT2D eigenvalue weighted by molar-refractivity contribution is 6.18. The van der Waals surface area contributed by atoms with Gasteiger partial charge in [0.2, 0.25) is 0 Å². The van der Waals surface area contributed by atoms with Crippen LogP contribution >= 0.6 is 11.6 Å². The molecule has 0 aromatic carbocycles. The van der Waals surface area contributed by atoms with Crippen molar-refractivity contribution in [2.75, 3.05) is 25.6 Å². The molecule has 0 aliphatic carbocycles. The molecule has 0 radical (unpaired) electrons. The quantitative estimate of drug-likeness (QED) is 0.261. The first-order valence-electron chi connectivity index (χ1n) is 4.80.